The van der Waals surface area contributed by atoms with Crippen LogP contribution < -0.4 is 0 Å². The molecular weight excluding hydrogens is 370 g/mol. The van der Waals surface area contributed by atoms with E-state index in [4.69, 9.17) is 14.0 Å². The standard InChI is InChI=1S/C23H23NO5/c25-12-20-22(29-24-23(20)21(26)8-6-16-9-10-27-13-16)15-28-14-17-5-7-18-3-1-2-4-19(18)11-17/h1-5,7,11-12,16H,6,8-10,13-15H2. The Bertz CT molecular complexity index is 1000. The van der Waals surface area contributed by atoms with Crippen molar-refractivity contribution in [3.63, 3.8) is 0 Å². The van der Waals surface area contributed by atoms with Gasteiger partial charge in [-0.15, -0.1) is 0 Å². The van der Waals surface area contributed by atoms with Gasteiger partial charge in [-0.1, -0.05) is 41.6 Å². The number of ketones is 1. The Hall–Kier alpha value is -2.83. The number of hydrogen-bond acceptors (Lipinski definition) is 6. The van der Waals surface area contributed by atoms with Gasteiger partial charge in [0.2, 0.25) is 0 Å². The Morgan fingerprint density at radius 1 is 1.17 bits per heavy atom. The van der Waals surface area contributed by atoms with E-state index in [1.165, 1.54) is 5.39 Å². The van der Waals surface area contributed by atoms with Gasteiger partial charge in [0.25, 0.3) is 0 Å². The van der Waals surface area contributed by atoms with Crippen LogP contribution in [0.1, 0.15) is 51.4 Å². The van der Waals surface area contributed by atoms with Gasteiger partial charge >= 0.3 is 0 Å². The number of fused-ring (bicyclic) bond motifs is 1. The normalized spacial score (nSPS) is 16.3. The van der Waals surface area contributed by atoms with Crippen LogP contribution in [0.4, 0.5) is 0 Å². The monoisotopic (exact) mass is 393 g/mol. The predicted molar refractivity (Wildman–Crippen MR) is 107 cm³/mol. The first kappa shape index (κ1) is 19.5. The minimum absolute atomic E-state index is 0.0810. The summed E-state index contributed by atoms with van der Waals surface area (Å²) < 4.78 is 16.3. The van der Waals surface area contributed by atoms with Gasteiger partial charge in [-0.3, -0.25) is 9.59 Å². The molecule has 1 unspecified atom stereocenters. The van der Waals surface area contributed by atoms with Crippen LogP contribution in [0.5, 0.6) is 0 Å². The van der Waals surface area contributed by atoms with Crippen molar-refractivity contribution in [1.82, 2.24) is 5.16 Å². The second-order valence-electron chi connectivity index (χ2n) is 7.35. The van der Waals surface area contributed by atoms with Crippen LogP contribution in [0.3, 0.4) is 0 Å². The van der Waals surface area contributed by atoms with Crippen molar-refractivity contribution in [2.75, 3.05) is 13.2 Å². The van der Waals surface area contributed by atoms with Crippen LogP contribution >= 0.6 is 0 Å². The molecule has 1 saturated heterocycles. The molecule has 6 nitrogen and oxygen atoms in total. The van der Waals surface area contributed by atoms with Gasteiger partial charge in [0, 0.05) is 19.6 Å². The van der Waals surface area contributed by atoms with Crippen molar-refractivity contribution in [1.29, 1.82) is 0 Å². The van der Waals surface area contributed by atoms with Gasteiger partial charge in [0.1, 0.15) is 6.61 Å². The number of nitrogens with zero attached hydrogens (tertiary/aromatic N) is 1. The van der Waals surface area contributed by atoms with Gasteiger partial charge < -0.3 is 14.0 Å². The summed E-state index contributed by atoms with van der Waals surface area (Å²) in [7, 11) is 0. The van der Waals surface area contributed by atoms with Crippen molar-refractivity contribution in [2.45, 2.75) is 32.5 Å². The minimum atomic E-state index is -0.177. The van der Waals surface area contributed by atoms with Crippen molar-refractivity contribution < 1.29 is 23.6 Å². The number of ether oxygens (including phenoxy) is 2. The Labute approximate surface area is 168 Å². The molecule has 150 valence electrons. The largest absolute Gasteiger partial charge is 0.381 e. The van der Waals surface area contributed by atoms with Gasteiger partial charge in [-0.05, 0) is 41.2 Å². The number of carbonyl (C=O) groups is 2. The van der Waals surface area contributed by atoms with Gasteiger partial charge in [-0.25, -0.2) is 0 Å². The number of aldehydes is 1. The molecule has 4 rings (SSSR count). The van der Waals surface area contributed by atoms with Gasteiger partial charge in [-0.2, -0.15) is 0 Å². The molecule has 1 aromatic heterocycles. The lowest BCUT2D eigenvalue weighted by Crippen LogP contribution is -2.08. The maximum atomic E-state index is 12.5. The molecule has 1 fully saturated rings. The van der Waals surface area contributed by atoms with E-state index in [1.807, 2.05) is 24.3 Å². The molecule has 3 aromatic rings. The molecule has 1 atom stereocenters. The molecule has 6 heteroatoms. The molecule has 0 spiro atoms. The molecule has 1 aliphatic rings. The lowest BCUT2D eigenvalue weighted by Gasteiger charge is -2.05. The number of carbonyl (C=O) groups excluding carboxylic acids is 2. The van der Waals surface area contributed by atoms with Crippen molar-refractivity contribution in [2.24, 2.45) is 5.92 Å². The Kier molecular flexibility index (Phi) is 6.12. The zero-order valence-corrected chi connectivity index (χ0v) is 16.1. The summed E-state index contributed by atoms with van der Waals surface area (Å²) in [5, 5.41) is 6.14. The van der Waals surface area contributed by atoms with Crippen LogP contribution in [-0.4, -0.2) is 30.4 Å². The van der Waals surface area contributed by atoms with Gasteiger partial charge in [0.05, 0.1) is 12.2 Å². The summed E-state index contributed by atoms with van der Waals surface area (Å²) in [6.45, 7) is 1.90. The van der Waals surface area contributed by atoms with Crippen LogP contribution in [0.2, 0.25) is 0 Å². The molecule has 0 N–H and O–H groups in total. The average Bonchev–Trinajstić information content (AvgIpc) is 3.41. The van der Waals surface area contributed by atoms with E-state index < -0.39 is 0 Å². The molecule has 2 aromatic carbocycles. The van der Waals surface area contributed by atoms with Crippen LogP contribution in [0, 0.1) is 5.92 Å². The zero-order valence-electron chi connectivity index (χ0n) is 16.1. The molecule has 1 aliphatic heterocycles. The third-order valence-corrected chi connectivity index (χ3v) is 5.30. The highest BCUT2D eigenvalue weighted by atomic mass is 16.5. The number of aromatic nitrogens is 1. The lowest BCUT2D eigenvalue weighted by molar-refractivity contribution is 0.0867. The smallest absolute Gasteiger partial charge is 0.185 e. The molecule has 29 heavy (non-hydrogen) atoms. The molecule has 0 radical (unpaired) electrons. The second kappa shape index (κ2) is 9.11. The maximum Gasteiger partial charge on any atom is 0.185 e. The minimum Gasteiger partial charge on any atom is -0.381 e. The van der Waals surface area contributed by atoms with E-state index in [-0.39, 0.29) is 29.4 Å². The van der Waals surface area contributed by atoms with Crippen LogP contribution in [0.15, 0.2) is 47.0 Å². The Balaban J connectivity index is 1.35. The maximum absolute atomic E-state index is 12.5. The van der Waals surface area contributed by atoms with Crippen molar-refractivity contribution in [3.8, 4) is 0 Å². The summed E-state index contributed by atoms with van der Waals surface area (Å²) in [5.41, 5.74) is 1.31. The quantitative estimate of drug-likeness (QED) is 0.397. The third-order valence-electron chi connectivity index (χ3n) is 5.30. The molecule has 0 amide bonds. The lowest BCUT2D eigenvalue weighted by atomic mass is 9.99. The SMILES string of the molecule is O=Cc1c(C(=O)CCC2CCOC2)noc1COCc1ccc2ccccc2c1. The number of Topliss-reactive ketones (excluding diaryl/α,β-unsaturated/α-hetero) is 1. The summed E-state index contributed by atoms with van der Waals surface area (Å²) in [6, 6.07) is 14.2. The van der Waals surface area contributed by atoms with E-state index in [1.54, 1.807) is 0 Å². The number of benzene rings is 2. The highest BCUT2D eigenvalue weighted by Crippen LogP contribution is 2.22. The Morgan fingerprint density at radius 3 is 2.83 bits per heavy atom. The highest BCUT2D eigenvalue weighted by Gasteiger charge is 2.23. The average molecular weight is 393 g/mol. The fourth-order valence-corrected chi connectivity index (χ4v) is 3.61. The van der Waals surface area contributed by atoms with Crippen molar-refractivity contribution in [3.05, 3.63) is 65.0 Å². The highest BCUT2D eigenvalue weighted by molar-refractivity contribution is 6.01. The summed E-state index contributed by atoms with van der Waals surface area (Å²) in [5.74, 6) is 0.507. The second-order valence-corrected chi connectivity index (χ2v) is 7.35. The fourth-order valence-electron chi connectivity index (χ4n) is 3.61. The summed E-state index contributed by atoms with van der Waals surface area (Å²) in [4.78, 5) is 24.0. The fraction of sp³-hybridized carbons (Fsp3) is 0.348. The predicted octanol–water partition coefficient (Wildman–Crippen LogP) is 4.36. The topological polar surface area (TPSA) is 78.6 Å². The van der Waals surface area contributed by atoms with E-state index in [2.05, 4.69) is 23.4 Å². The molecule has 2 heterocycles. The molecular formula is C23H23NO5. The molecule has 0 bridgehead atoms. The number of rotatable bonds is 9. The summed E-state index contributed by atoms with van der Waals surface area (Å²) in [6.07, 6.45) is 2.66. The first-order valence-corrected chi connectivity index (χ1v) is 9.84. The molecule has 0 saturated carbocycles. The van der Waals surface area contributed by atoms with E-state index in [9.17, 15) is 9.59 Å². The number of hydrogen-bond donors (Lipinski definition) is 0. The first-order valence-electron chi connectivity index (χ1n) is 9.84. The van der Waals surface area contributed by atoms with E-state index in [0.717, 1.165) is 30.4 Å². The van der Waals surface area contributed by atoms with Crippen molar-refractivity contribution >= 4 is 22.8 Å². The van der Waals surface area contributed by atoms with Crippen LogP contribution in [-0.2, 0) is 22.7 Å². The first-order chi connectivity index (χ1) is 14.2. The Morgan fingerprint density at radius 2 is 2.03 bits per heavy atom. The zero-order chi connectivity index (χ0) is 20.1. The van der Waals surface area contributed by atoms with Gasteiger partial charge in [0.15, 0.2) is 23.5 Å². The summed E-state index contributed by atoms with van der Waals surface area (Å²) >= 11 is 0. The molecule has 0 aliphatic carbocycles. The van der Waals surface area contributed by atoms with Crippen LogP contribution in [0.25, 0.3) is 10.8 Å². The van der Waals surface area contributed by atoms with E-state index >= 15 is 0 Å². The van der Waals surface area contributed by atoms with E-state index in [0.29, 0.717) is 31.8 Å². The third kappa shape index (κ3) is 4.60.